The molecule has 0 spiro atoms. The molecule has 1 aromatic heterocycles. The number of thiophene rings is 1. The van der Waals surface area contributed by atoms with Crippen molar-refractivity contribution >= 4 is 46.3 Å². The van der Waals surface area contributed by atoms with Crippen LogP contribution in [-0.2, 0) is 22.4 Å². The highest BCUT2D eigenvalue weighted by molar-refractivity contribution is 8.00. The van der Waals surface area contributed by atoms with E-state index >= 15 is 0 Å². The molecule has 0 unspecified atom stereocenters. The van der Waals surface area contributed by atoms with Crippen LogP contribution in [0.15, 0.2) is 66.0 Å². The summed E-state index contributed by atoms with van der Waals surface area (Å²) in [6, 6.07) is 19.9. The van der Waals surface area contributed by atoms with Crippen molar-refractivity contribution in [2.75, 3.05) is 16.0 Å². The molecule has 1 saturated heterocycles. The highest BCUT2D eigenvalue weighted by Gasteiger charge is 2.34. The van der Waals surface area contributed by atoms with Crippen LogP contribution in [0.3, 0.4) is 0 Å². The number of nitrogens with one attached hydrogen (secondary N) is 1. The third-order valence-corrected chi connectivity index (χ3v) is 6.92. The van der Waals surface area contributed by atoms with Gasteiger partial charge in [-0.1, -0.05) is 37.3 Å². The summed E-state index contributed by atoms with van der Waals surface area (Å²) in [6.07, 6.45) is 1.30. The van der Waals surface area contributed by atoms with E-state index in [0.717, 1.165) is 28.2 Å². The molecule has 4 rings (SSSR count). The van der Waals surface area contributed by atoms with Gasteiger partial charge in [0.25, 0.3) is 0 Å². The normalized spacial score (nSPS) is 16.2. The van der Waals surface area contributed by atoms with E-state index in [1.165, 1.54) is 5.56 Å². The summed E-state index contributed by atoms with van der Waals surface area (Å²) >= 11 is 3.19. The topological polar surface area (TPSA) is 49.4 Å². The lowest BCUT2D eigenvalue weighted by Gasteiger charge is -2.25. The summed E-state index contributed by atoms with van der Waals surface area (Å²) in [7, 11) is 0. The van der Waals surface area contributed by atoms with Gasteiger partial charge in [0.1, 0.15) is 5.37 Å². The zero-order valence-electron chi connectivity index (χ0n) is 16.1. The molecule has 3 aromatic rings. The van der Waals surface area contributed by atoms with Crippen LogP contribution in [0.2, 0.25) is 0 Å². The first-order valence-corrected chi connectivity index (χ1v) is 11.5. The minimum atomic E-state index is -0.0937. The van der Waals surface area contributed by atoms with Crippen molar-refractivity contribution in [3.63, 3.8) is 0 Å². The minimum Gasteiger partial charge on any atom is -0.326 e. The third kappa shape index (κ3) is 4.54. The summed E-state index contributed by atoms with van der Waals surface area (Å²) in [5.41, 5.74) is 3.90. The number of amides is 2. The molecule has 148 valence electrons. The third-order valence-electron chi connectivity index (χ3n) is 4.84. The van der Waals surface area contributed by atoms with Crippen molar-refractivity contribution in [3.05, 3.63) is 82.0 Å². The van der Waals surface area contributed by atoms with Crippen LogP contribution in [0.1, 0.15) is 28.3 Å². The first kappa shape index (κ1) is 19.7. The highest BCUT2D eigenvalue weighted by Crippen LogP contribution is 2.42. The molecule has 1 atom stereocenters. The van der Waals surface area contributed by atoms with Gasteiger partial charge in [-0.05, 0) is 53.3 Å². The van der Waals surface area contributed by atoms with Gasteiger partial charge in [0.05, 0.1) is 12.2 Å². The molecular weight excluding hydrogens is 400 g/mol. The van der Waals surface area contributed by atoms with E-state index in [9.17, 15) is 9.59 Å². The average molecular weight is 423 g/mol. The Morgan fingerprint density at radius 1 is 1.14 bits per heavy atom. The Morgan fingerprint density at radius 2 is 2.00 bits per heavy atom. The lowest BCUT2D eigenvalue weighted by atomic mass is 10.1. The molecule has 0 bridgehead atoms. The number of nitrogens with zero attached hydrogens (tertiary/aromatic N) is 1. The lowest BCUT2D eigenvalue weighted by molar-refractivity contribution is -0.116. The van der Waals surface area contributed by atoms with Crippen LogP contribution >= 0.6 is 23.1 Å². The molecule has 4 nitrogen and oxygen atoms in total. The maximum absolute atomic E-state index is 12.6. The molecule has 2 aromatic carbocycles. The molecular formula is C23H22N2O2S2. The molecule has 2 heterocycles. The molecule has 0 radical (unpaired) electrons. The Hall–Kier alpha value is -2.57. The Kier molecular flexibility index (Phi) is 6.02. The molecule has 1 aliphatic heterocycles. The van der Waals surface area contributed by atoms with Crippen molar-refractivity contribution in [1.82, 2.24) is 0 Å². The number of hydrogen-bond acceptors (Lipinski definition) is 4. The van der Waals surface area contributed by atoms with Gasteiger partial charge in [-0.2, -0.15) is 0 Å². The second kappa shape index (κ2) is 8.84. The van der Waals surface area contributed by atoms with Gasteiger partial charge in [0.2, 0.25) is 11.8 Å². The van der Waals surface area contributed by atoms with E-state index in [-0.39, 0.29) is 17.2 Å². The molecule has 29 heavy (non-hydrogen) atoms. The van der Waals surface area contributed by atoms with Gasteiger partial charge < -0.3 is 5.32 Å². The van der Waals surface area contributed by atoms with Crippen LogP contribution in [0.4, 0.5) is 11.4 Å². The fourth-order valence-corrected chi connectivity index (χ4v) is 5.29. The van der Waals surface area contributed by atoms with Crippen LogP contribution in [0.25, 0.3) is 0 Å². The molecule has 6 heteroatoms. The van der Waals surface area contributed by atoms with Crippen molar-refractivity contribution < 1.29 is 9.59 Å². The maximum Gasteiger partial charge on any atom is 0.238 e. The first-order chi connectivity index (χ1) is 14.1. The highest BCUT2D eigenvalue weighted by atomic mass is 32.2. The number of hydrogen-bond donors (Lipinski definition) is 1. The van der Waals surface area contributed by atoms with E-state index in [4.69, 9.17) is 0 Å². The van der Waals surface area contributed by atoms with E-state index in [1.807, 2.05) is 58.8 Å². The smallest absolute Gasteiger partial charge is 0.238 e. The molecule has 0 aliphatic carbocycles. The van der Waals surface area contributed by atoms with Gasteiger partial charge >= 0.3 is 0 Å². The summed E-state index contributed by atoms with van der Waals surface area (Å²) in [5.74, 6) is 0.531. The number of carbonyl (C=O) groups excluding carboxylic acids is 2. The van der Waals surface area contributed by atoms with E-state index in [2.05, 4.69) is 24.4 Å². The number of carbonyl (C=O) groups is 2. The monoisotopic (exact) mass is 422 g/mol. The van der Waals surface area contributed by atoms with Crippen LogP contribution in [0.5, 0.6) is 0 Å². The summed E-state index contributed by atoms with van der Waals surface area (Å²) in [6.45, 7) is 2.11. The predicted molar refractivity (Wildman–Crippen MR) is 122 cm³/mol. The van der Waals surface area contributed by atoms with E-state index in [0.29, 0.717) is 12.2 Å². The van der Waals surface area contributed by atoms with Gasteiger partial charge in [0, 0.05) is 16.3 Å². The van der Waals surface area contributed by atoms with Crippen molar-refractivity contribution in [2.45, 2.75) is 25.1 Å². The molecule has 2 amide bonds. The maximum atomic E-state index is 12.6. The van der Waals surface area contributed by atoms with Crippen LogP contribution in [0, 0.1) is 0 Å². The van der Waals surface area contributed by atoms with E-state index < -0.39 is 0 Å². The fraction of sp³-hybridized carbons (Fsp3) is 0.217. The summed E-state index contributed by atoms with van der Waals surface area (Å²) in [5, 5.41) is 4.86. The number of anilines is 2. The predicted octanol–water partition coefficient (Wildman–Crippen LogP) is 5.27. The number of thioether (sulfide) groups is 1. The number of rotatable bonds is 6. The standard InChI is InChI=1S/C23H22N2O2S2/c1-2-16-6-3-9-19(12-16)25-22(27)15-29-23(25)17-7-4-8-18(13-17)24-21(26)14-20-10-5-11-28-20/h3-13,23H,2,14-15H2,1H3,(H,24,26)/t23-/m0/s1. The Bertz CT molecular complexity index is 1020. The van der Waals surface area contributed by atoms with Crippen LogP contribution in [-0.4, -0.2) is 17.6 Å². The van der Waals surface area contributed by atoms with Crippen LogP contribution < -0.4 is 10.2 Å². The van der Waals surface area contributed by atoms with Gasteiger partial charge in [-0.15, -0.1) is 23.1 Å². The minimum absolute atomic E-state index is 0.0349. The quantitative estimate of drug-likeness (QED) is 0.589. The van der Waals surface area contributed by atoms with Gasteiger partial charge in [-0.25, -0.2) is 0 Å². The zero-order chi connectivity index (χ0) is 20.2. The largest absolute Gasteiger partial charge is 0.326 e. The molecule has 1 N–H and O–H groups in total. The SMILES string of the molecule is CCc1cccc(N2C(=O)CS[C@H]2c2cccc(NC(=O)Cc3cccs3)c2)c1. The molecule has 1 aliphatic rings. The van der Waals surface area contributed by atoms with Crippen molar-refractivity contribution in [1.29, 1.82) is 0 Å². The van der Waals surface area contributed by atoms with Gasteiger partial charge in [-0.3, -0.25) is 14.5 Å². The second-order valence-electron chi connectivity index (χ2n) is 6.88. The summed E-state index contributed by atoms with van der Waals surface area (Å²) < 4.78 is 0. The van der Waals surface area contributed by atoms with Crippen molar-refractivity contribution in [2.24, 2.45) is 0 Å². The molecule has 1 fully saturated rings. The average Bonchev–Trinajstić information content (AvgIpc) is 3.37. The Balaban J connectivity index is 1.54. The van der Waals surface area contributed by atoms with Crippen molar-refractivity contribution in [3.8, 4) is 0 Å². The van der Waals surface area contributed by atoms with E-state index in [1.54, 1.807) is 23.1 Å². The molecule has 0 saturated carbocycles. The second-order valence-corrected chi connectivity index (χ2v) is 8.98. The number of aryl methyl sites for hydroxylation is 1. The fourth-order valence-electron chi connectivity index (χ4n) is 3.42. The first-order valence-electron chi connectivity index (χ1n) is 9.59. The van der Waals surface area contributed by atoms with Gasteiger partial charge in [0.15, 0.2) is 0 Å². The number of benzene rings is 2. The zero-order valence-corrected chi connectivity index (χ0v) is 17.8. The summed E-state index contributed by atoms with van der Waals surface area (Å²) in [4.78, 5) is 27.9. The Labute approximate surface area is 178 Å². The lowest BCUT2D eigenvalue weighted by Crippen LogP contribution is -2.28. The Morgan fingerprint density at radius 3 is 2.79 bits per heavy atom.